The van der Waals surface area contributed by atoms with Crippen molar-refractivity contribution in [2.45, 2.75) is 38.0 Å². The maximum absolute atomic E-state index is 5.48. The van der Waals surface area contributed by atoms with Gasteiger partial charge in [-0.25, -0.2) is 4.98 Å². The van der Waals surface area contributed by atoms with Crippen molar-refractivity contribution < 1.29 is 0 Å². The minimum Gasteiger partial charge on any atom is -0.330 e. The van der Waals surface area contributed by atoms with E-state index in [1.807, 2.05) is 11.7 Å². The van der Waals surface area contributed by atoms with Gasteiger partial charge in [-0.3, -0.25) is 4.68 Å². The summed E-state index contributed by atoms with van der Waals surface area (Å²) in [5.41, 5.74) is 5.48. The average molecular weight is 194 g/mol. The van der Waals surface area contributed by atoms with Crippen molar-refractivity contribution >= 4 is 0 Å². The first-order valence-electron chi connectivity index (χ1n) is 5.41. The van der Waals surface area contributed by atoms with Gasteiger partial charge in [0.1, 0.15) is 5.82 Å². The van der Waals surface area contributed by atoms with Crippen LogP contribution in [0, 0.1) is 0 Å². The minimum absolute atomic E-state index is 0.633. The van der Waals surface area contributed by atoms with Gasteiger partial charge in [0.25, 0.3) is 0 Å². The van der Waals surface area contributed by atoms with E-state index >= 15 is 0 Å². The van der Waals surface area contributed by atoms with E-state index in [2.05, 4.69) is 10.1 Å². The molecule has 1 aliphatic carbocycles. The fourth-order valence-corrected chi connectivity index (χ4v) is 2.23. The molecule has 0 saturated heterocycles. The second kappa shape index (κ2) is 4.09. The molecule has 4 nitrogen and oxygen atoms in total. The van der Waals surface area contributed by atoms with E-state index in [9.17, 15) is 0 Å². The lowest BCUT2D eigenvalue weighted by Gasteiger charge is -2.05. The van der Waals surface area contributed by atoms with Gasteiger partial charge in [-0.1, -0.05) is 12.8 Å². The number of rotatable bonds is 3. The standard InChI is InChI=1S/C10H18N4/c1-14-10(8-4-2-3-5-8)12-9(13-14)6-7-11/h8H,2-7,11H2,1H3. The average Bonchev–Trinajstić information content (AvgIpc) is 2.74. The Bertz CT molecular complexity index is 299. The first-order chi connectivity index (χ1) is 6.81. The summed E-state index contributed by atoms with van der Waals surface area (Å²) >= 11 is 0. The summed E-state index contributed by atoms with van der Waals surface area (Å²) in [7, 11) is 1.99. The molecule has 1 aliphatic rings. The molecule has 1 heterocycles. The SMILES string of the molecule is Cn1nc(CCN)nc1C1CCCC1. The Labute approximate surface area is 84.5 Å². The van der Waals surface area contributed by atoms with Crippen molar-refractivity contribution in [2.75, 3.05) is 6.54 Å². The Morgan fingerprint density at radius 1 is 1.43 bits per heavy atom. The third-order valence-electron chi connectivity index (χ3n) is 2.93. The molecule has 4 heteroatoms. The lowest BCUT2D eigenvalue weighted by Crippen LogP contribution is -2.04. The summed E-state index contributed by atoms with van der Waals surface area (Å²) in [6.45, 7) is 0.633. The zero-order valence-electron chi connectivity index (χ0n) is 8.74. The smallest absolute Gasteiger partial charge is 0.152 e. The molecule has 0 unspecified atom stereocenters. The highest BCUT2D eigenvalue weighted by atomic mass is 15.3. The van der Waals surface area contributed by atoms with Crippen molar-refractivity contribution in [3.63, 3.8) is 0 Å². The highest BCUT2D eigenvalue weighted by molar-refractivity contribution is 5.02. The molecular formula is C10H18N4. The highest BCUT2D eigenvalue weighted by Crippen LogP contribution is 2.32. The summed E-state index contributed by atoms with van der Waals surface area (Å²) in [6.07, 6.45) is 6.01. The molecule has 1 saturated carbocycles. The molecule has 2 N–H and O–H groups in total. The Morgan fingerprint density at radius 2 is 2.14 bits per heavy atom. The number of hydrogen-bond donors (Lipinski definition) is 1. The van der Waals surface area contributed by atoms with Gasteiger partial charge in [0, 0.05) is 19.4 Å². The molecule has 2 rings (SSSR count). The minimum atomic E-state index is 0.633. The van der Waals surface area contributed by atoms with Crippen LogP contribution >= 0.6 is 0 Å². The Kier molecular flexibility index (Phi) is 2.82. The van der Waals surface area contributed by atoms with Gasteiger partial charge in [0.15, 0.2) is 5.82 Å². The topological polar surface area (TPSA) is 56.7 Å². The molecule has 0 bridgehead atoms. The molecule has 1 aromatic rings. The number of aryl methyl sites for hydroxylation is 1. The fraction of sp³-hybridized carbons (Fsp3) is 0.800. The fourth-order valence-electron chi connectivity index (χ4n) is 2.23. The van der Waals surface area contributed by atoms with E-state index < -0.39 is 0 Å². The number of hydrogen-bond acceptors (Lipinski definition) is 3. The molecular weight excluding hydrogens is 176 g/mol. The van der Waals surface area contributed by atoms with Crippen molar-refractivity contribution in [1.29, 1.82) is 0 Å². The molecule has 1 aromatic heterocycles. The Balaban J connectivity index is 2.15. The van der Waals surface area contributed by atoms with E-state index in [1.54, 1.807) is 0 Å². The molecule has 0 spiro atoms. The van der Waals surface area contributed by atoms with Crippen LogP contribution in [0.5, 0.6) is 0 Å². The summed E-state index contributed by atoms with van der Waals surface area (Å²) in [5, 5.41) is 4.37. The van der Waals surface area contributed by atoms with Crippen LogP contribution in [-0.4, -0.2) is 21.3 Å². The lowest BCUT2D eigenvalue weighted by molar-refractivity contribution is 0.601. The first kappa shape index (κ1) is 9.65. The van der Waals surface area contributed by atoms with Crippen LogP contribution in [-0.2, 0) is 13.5 Å². The van der Waals surface area contributed by atoms with Gasteiger partial charge in [0.2, 0.25) is 0 Å². The second-order valence-corrected chi connectivity index (χ2v) is 4.03. The maximum Gasteiger partial charge on any atom is 0.152 e. The van der Waals surface area contributed by atoms with Crippen LogP contribution in [0.15, 0.2) is 0 Å². The van der Waals surface area contributed by atoms with Crippen molar-refractivity contribution in [2.24, 2.45) is 12.8 Å². The van der Waals surface area contributed by atoms with Gasteiger partial charge in [-0.15, -0.1) is 0 Å². The Morgan fingerprint density at radius 3 is 2.79 bits per heavy atom. The normalized spacial score (nSPS) is 17.9. The van der Waals surface area contributed by atoms with Crippen molar-refractivity contribution in [3.05, 3.63) is 11.6 Å². The van der Waals surface area contributed by atoms with Crippen molar-refractivity contribution in [3.8, 4) is 0 Å². The van der Waals surface area contributed by atoms with Crippen LogP contribution in [0.4, 0.5) is 0 Å². The highest BCUT2D eigenvalue weighted by Gasteiger charge is 2.22. The molecule has 14 heavy (non-hydrogen) atoms. The number of aromatic nitrogens is 3. The quantitative estimate of drug-likeness (QED) is 0.780. The number of nitrogens with two attached hydrogens (primary N) is 1. The zero-order valence-corrected chi connectivity index (χ0v) is 8.74. The van der Waals surface area contributed by atoms with Crippen LogP contribution in [0.2, 0.25) is 0 Å². The molecule has 0 aliphatic heterocycles. The summed E-state index contributed by atoms with van der Waals surface area (Å²) in [5.74, 6) is 2.70. The lowest BCUT2D eigenvalue weighted by atomic mass is 10.1. The number of nitrogens with zero attached hydrogens (tertiary/aromatic N) is 3. The molecule has 0 amide bonds. The van der Waals surface area contributed by atoms with Gasteiger partial charge in [0.05, 0.1) is 0 Å². The Hall–Kier alpha value is -0.900. The summed E-state index contributed by atoms with van der Waals surface area (Å²) in [4.78, 5) is 4.55. The predicted molar refractivity (Wildman–Crippen MR) is 55.0 cm³/mol. The van der Waals surface area contributed by atoms with Crippen LogP contribution < -0.4 is 5.73 Å². The van der Waals surface area contributed by atoms with Crippen LogP contribution in [0.3, 0.4) is 0 Å². The molecule has 0 aromatic carbocycles. The third-order valence-corrected chi connectivity index (χ3v) is 2.93. The monoisotopic (exact) mass is 194 g/mol. The predicted octanol–water partition coefficient (Wildman–Crippen LogP) is 0.974. The van der Waals surface area contributed by atoms with E-state index in [-0.39, 0.29) is 0 Å². The second-order valence-electron chi connectivity index (χ2n) is 4.03. The van der Waals surface area contributed by atoms with E-state index in [4.69, 9.17) is 5.73 Å². The van der Waals surface area contributed by atoms with Gasteiger partial charge < -0.3 is 5.73 Å². The van der Waals surface area contributed by atoms with E-state index in [0.29, 0.717) is 12.5 Å². The first-order valence-corrected chi connectivity index (χ1v) is 5.41. The molecule has 0 radical (unpaired) electrons. The molecule has 1 fully saturated rings. The maximum atomic E-state index is 5.48. The summed E-state index contributed by atoms with van der Waals surface area (Å²) in [6, 6.07) is 0. The van der Waals surface area contributed by atoms with E-state index in [0.717, 1.165) is 18.1 Å². The van der Waals surface area contributed by atoms with Crippen LogP contribution in [0.25, 0.3) is 0 Å². The molecule has 78 valence electrons. The largest absolute Gasteiger partial charge is 0.330 e. The zero-order chi connectivity index (χ0) is 9.97. The van der Waals surface area contributed by atoms with Gasteiger partial charge in [-0.2, -0.15) is 5.10 Å². The summed E-state index contributed by atoms with van der Waals surface area (Å²) < 4.78 is 1.93. The van der Waals surface area contributed by atoms with Gasteiger partial charge >= 0.3 is 0 Å². The van der Waals surface area contributed by atoms with Crippen LogP contribution in [0.1, 0.15) is 43.3 Å². The van der Waals surface area contributed by atoms with Crippen molar-refractivity contribution in [1.82, 2.24) is 14.8 Å². The third kappa shape index (κ3) is 1.80. The van der Waals surface area contributed by atoms with E-state index in [1.165, 1.54) is 25.7 Å². The molecule has 0 atom stereocenters. The van der Waals surface area contributed by atoms with Gasteiger partial charge in [-0.05, 0) is 19.4 Å².